The summed E-state index contributed by atoms with van der Waals surface area (Å²) in [4.78, 5) is 0. The molecule has 1 saturated carbocycles. The Morgan fingerprint density at radius 1 is 0.781 bits per heavy atom. The maximum atomic E-state index is 6.69. The van der Waals surface area contributed by atoms with Gasteiger partial charge in [-0.2, -0.15) is 5.10 Å². The average Bonchev–Trinajstić information content (AvgIpc) is 3.17. The second kappa shape index (κ2) is 9.11. The molecule has 1 aliphatic carbocycles. The molecule has 0 N–H and O–H groups in total. The van der Waals surface area contributed by atoms with Crippen LogP contribution in [-0.4, -0.2) is 5.71 Å². The summed E-state index contributed by atoms with van der Waals surface area (Å²) in [6.45, 7) is 0. The third kappa shape index (κ3) is 3.95. The Hall–Kier alpha value is -1.97. The number of hydrogen-bond donors (Lipinski definition) is 0. The highest BCUT2D eigenvalue weighted by molar-refractivity contribution is 6.37. The van der Waals surface area contributed by atoms with Crippen molar-refractivity contribution in [1.82, 2.24) is 0 Å². The van der Waals surface area contributed by atoms with Crippen LogP contribution < -0.4 is 5.01 Å². The van der Waals surface area contributed by atoms with E-state index in [2.05, 4.69) is 23.2 Å². The Morgan fingerprint density at radius 2 is 1.41 bits per heavy atom. The standard InChI is InChI=1S/C26H20Cl4N2/c27-20-11-5-12-21(28)19(20)15-16-7-4-10-18-25(16)31-32(17-8-2-1-3-9-17)26(18)24-22(29)13-6-14-23(24)30/h1-3,5-6,8-9,11-15,18,26H,4,7,10H2. The van der Waals surface area contributed by atoms with Crippen molar-refractivity contribution in [3.63, 3.8) is 0 Å². The first-order chi connectivity index (χ1) is 15.5. The normalized spacial score (nSPS) is 21.6. The molecule has 3 aromatic carbocycles. The van der Waals surface area contributed by atoms with Gasteiger partial charge < -0.3 is 0 Å². The van der Waals surface area contributed by atoms with E-state index in [0.29, 0.717) is 20.1 Å². The Morgan fingerprint density at radius 3 is 2.06 bits per heavy atom. The zero-order valence-electron chi connectivity index (χ0n) is 17.1. The summed E-state index contributed by atoms with van der Waals surface area (Å²) in [5, 5.41) is 9.79. The van der Waals surface area contributed by atoms with Crippen molar-refractivity contribution in [3.05, 3.63) is 104 Å². The highest BCUT2D eigenvalue weighted by Gasteiger charge is 2.43. The molecule has 0 radical (unpaired) electrons. The Labute approximate surface area is 208 Å². The number of benzene rings is 3. The molecular formula is C26H20Cl4N2. The molecule has 3 aromatic rings. The molecule has 6 heteroatoms. The number of hydrogen-bond acceptors (Lipinski definition) is 2. The molecule has 5 rings (SSSR count). The van der Waals surface area contributed by atoms with E-state index < -0.39 is 0 Å². The molecule has 2 aliphatic rings. The third-order valence-corrected chi connectivity index (χ3v) is 7.45. The number of hydrazone groups is 1. The van der Waals surface area contributed by atoms with E-state index in [4.69, 9.17) is 51.5 Å². The van der Waals surface area contributed by atoms with Crippen LogP contribution in [-0.2, 0) is 0 Å². The molecule has 32 heavy (non-hydrogen) atoms. The quantitative estimate of drug-likeness (QED) is 0.349. The van der Waals surface area contributed by atoms with Gasteiger partial charge in [0.15, 0.2) is 0 Å². The van der Waals surface area contributed by atoms with Crippen LogP contribution in [0.5, 0.6) is 0 Å². The predicted molar refractivity (Wildman–Crippen MR) is 137 cm³/mol. The summed E-state index contributed by atoms with van der Waals surface area (Å²) < 4.78 is 0. The van der Waals surface area contributed by atoms with E-state index in [-0.39, 0.29) is 12.0 Å². The van der Waals surface area contributed by atoms with Crippen LogP contribution in [0.2, 0.25) is 20.1 Å². The lowest BCUT2D eigenvalue weighted by atomic mass is 9.77. The van der Waals surface area contributed by atoms with Gasteiger partial charge in [-0.15, -0.1) is 0 Å². The van der Waals surface area contributed by atoms with Crippen molar-refractivity contribution in [1.29, 1.82) is 0 Å². The van der Waals surface area contributed by atoms with E-state index in [0.717, 1.165) is 47.4 Å². The smallest absolute Gasteiger partial charge is 0.0888 e. The van der Waals surface area contributed by atoms with Gasteiger partial charge in [-0.25, -0.2) is 0 Å². The minimum Gasteiger partial charge on any atom is -0.257 e. The largest absolute Gasteiger partial charge is 0.257 e. The third-order valence-electron chi connectivity index (χ3n) is 6.14. The van der Waals surface area contributed by atoms with E-state index in [9.17, 15) is 0 Å². The summed E-state index contributed by atoms with van der Waals surface area (Å²) in [5.41, 5.74) is 4.96. The van der Waals surface area contributed by atoms with E-state index in [1.54, 1.807) is 0 Å². The molecule has 0 spiro atoms. The summed E-state index contributed by atoms with van der Waals surface area (Å²) in [5.74, 6) is 0.161. The minimum atomic E-state index is -0.0842. The fourth-order valence-corrected chi connectivity index (χ4v) is 5.82. The SMILES string of the molecule is Clc1cccc(Cl)c1C=C1CCCC2C1=NN(c1ccccc1)C2c1c(Cl)cccc1Cl. The number of anilines is 1. The second-order valence-corrected chi connectivity index (χ2v) is 9.68. The van der Waals surface area contributed by atoms with Gasteiger partial charge in [-0.05, 0) is 67.3 Å². The molecule has 1 heterocycles. The van der Waals surface area contributed by atoms with Crippen LogP contribution in [0.15, 0.2) is 77.4 Å². The van der Waals surface area contributed by atoms with Crippen LogP contribution in [0, 0.1) is 5.92 Å². The van der Waals surface area contributed by atoms with E-state index >= 15 is 0 Å². The molecule has 0 amide bonds. The molecule has 2 unspecified atom stereocenters. The summed E-state index contributed by atoms with van der Waals surface area (Å²) in [6.07, 6.45) is 5.05. The molecular weight excluding hydrogens is 482 g/mol. The lowest BCUT2D eigenvalue weighted by Gasteiger charge is -2.31. The first kappa shape index (κ1) is 21.9. The molecule has 2 nitrogen and oxygen atoms in total. The number of fused-ring (bicyclic) bond motifs is 1. The summed E-state index contributed by atoms with van der Waals surface area (Å²) in [7, 11) is 0. The molecule has 1 aliphatic heterocycles. The van der Waals surface area contributed by atoms with Gasteiger partial charge in [0.2, 0.25) is 0 Å². The average molecular weight is 502 g/mol. The molecule has 162 valence electrons. The molecule has 1 fully saturated rings. The van der Waals surface area contributed by atoms with Gasteiger partial charge in [-0.3, -0.25) is 5.01 Å². The monoisotopic (exact) mass is 500 g/mol. The van der Waals surface area contributed by atoms with Crippen LogP contribution in [0.3, 0.4) is 0 Å². The van der Waals surface area contributed by atoms with Gasteiger partial charge in [0.25, 0.3) is 0 Å². The highest BCUT2D eigenvalue weighted by Crippen LogP contribution is 2.49. The topological polar surface area (TPSA) is 15.6 Å². The predicted octanol–water partition coefficient (Wildman–Crippen LogP) is 9.10. The Kier molecular flexibility index (Phi) is 6.22. The lowest BCUT2D eigenvalue weighted by molar-refractivity contribution is 0.488. The van der Waals surface area contributed by atoms with Gasteiger partial charge in [0.1, 0.15) is 0 Å². The number of nitrogens with zero attached hydrogens (tertiary/aromatic N) is 2. The number of halogens is 4. The molecule has 0 bridgehead atoms. The number of para-hydroxylation sites is 1. The zero-order chi connectivity index (χ0) is 22.2. The van der Waals surface area contributed by atoms with Crippen molar-refractivity contribution in [2.24, 2.45) is 11.0 Å². The van der Waals surface area contributed by atoms with Crippen molar-refractivity contribution in [2.45, 2.75) is 25.3 Å². The summed E-state index contributed by atoms with van der Waals surface area (Å²) >= 11 is 26.3. The first-order valence-corrected chi connectivity index (χ1v) is 12.1. The van der Waals surface area contributed by atoms with E-state index in [1.165, 1.54) is 0 Å². The Bertz CT molecular complexity index is 1180. The van der Waals surface area contributed by atoms with Crippen LogP contribution in [0.4, 0.5) is 5.69 Å². The second-order valence-electron chi connectivity index (χ2n) is 8.05. The molecule has 0 aromatic heterocycles. The van der Waals surface area contributed by atoms with Gasteiger partial charge >= 0.3 is 0 Å². The van der Waals surface area contributed by atoms with Crippen LogP contribution >= 0.6 is 46.4 Å². The fraction of sp³-hybridized carbons (Fsp3) is 0.192. The summed E-state index contributed by atoms with van der Waals surface area (Å²) in [6, 6.07) is 21.3. The first-order valence-electron chi connectivity index (χ1n) is 10.6. The zero-order valence-corrected chi connectivity index (χ0v) is 20.1. The Balaban J connectivity index is 1.66. The maximum absolute atomic E-state index is 6.69. The van der Waals surface area contributed by atoms with Crippen LogP contribution in [0.25, 0.3) is 6.08 Å². The fourth-order valence-electron chi connectivity index (χ4n) is 4.69. The number of allylic oxidation sites excluding steroid dienone is 1. The van der Waals surface area contributed by atoms with Gasteiger partial charge in [-0.1, -0.05) is 76.7 Å². The maximum Gasteiger partial charge on any atom is 0.0888 e. The molecule has 2 atom stereocenters. The van der Waals surface area contributed by atoms with Gasteiger partial charge in [0.05, 0.1) is 17.4 Å². The lowest BCUT2D eigenvalue weighted by Crippen LogP contribution is -2.28. The van der Waals surface area contributed by atoms with Crippen molar-refractivity contribution >= 4 is 63.9 Å². The van der Waals surface area contributed by atoms with Crippen molar-refractivity contribution < 1.29 is 0 Å². The van der Waals surface area contributed by atoms with Crippen molar-refractivity contribution in [2.75, 3.05) is 5.01 Å². The van der Waals surface area contributed by atoms with Gasteiger partial charge in [0, 0.05) is 37.1 Å². The highest BCUT2D eigenvalue weighted by atomic mass is 35.5. The van der Waals surface area contributed by atoms with Crippen LogP contribution in [0.1, 0.15) is 36.4 Å². The van der Waals surface area contributed by atoms with E-state index in [1.807, 2.05) is 54.6 Å². The number of rotatable bonds is 3. The molecule has 0 saturated heterocycles. The minimum absolute atomic E-state index is 0.0842. The van der Waals surface area contributed by atoms with Crippen molar-refractivity contribution in [3.8, 4) is 0 Å².